The minimum absolute atomic E-state index is 0.558. The standard InChI is InChI=1S/4C4H4O4.CH5N/c4*5-3(6)1-2-4(7)8;1-2/h4*1-2H,(H,5,6)(H,7,8);2H2,1H3/b4*2-1-;. The molecule has 0 saturated heterocycles. The number of hydrogen-bond donors (Lipinski definition) is 9. The zero-order chi connectivity index (χ0) is 28.3. The second kappa shape index (κ2) is 27.7. The lowest BCUT2D eigenvalue weighted by atomic mass is 10.5. The summed E-state index contributed by atoms with van der Waals surface area (Å²) in [7, 11) is 1.50. The molecule has 0 spiro atoms. The highest BCUT2D eigenvalue weighted by Gasteiger charge is 1.90. The minimum Gasteiger partial charge on any atom is -0.478 e. The summed E-state index contributed by atoms with van der Waals surface area (Å²) < 4.78 is 0. The number of rotatable bonds is 8. The third kappa shape index (κ3) is 81.6. The molecular formula is C17H21NO16. The van der Waals surface area contributed by atoms with E-state index in [4.69, 9.17) is 40.9 Å². The monoisotopic (exact) mass is 495 g/mol. The van der Waals surface area contributed by atoms with Gasteiger partial charge in [-0.3, -0.25) is 0 Å². The molecule has 0 saturated carbocycles. The topological polar surface area (TPSA) is 324 Å². The average molecular weight is 495 g/mol. The maximum Gasteiger partial charge on any atom is 0.328 e. The Labute approximate surface area is 189 Å². The van der Waals surface area contributed by atoms with E-state index in [9.17, 15) is 38.4 Å². The van der Waals surface area contributed by atoms with Gasteiger partial charge in [-0.1, -0.05) is 0 Å². The highest BCUT2D eigenvalue weighted by atomic mass is 16.4. The lowest BCUT2D eigenvalue weighted by Crippen LogP contribution is -1.91. The number of carbonyl (C=O) groups is 8. The number of nitrogens with two attached hydrogens (primary N) is 1. The molecule has 0 heterocycles. The molecule has 190 valence electrons. The molecule has 0 radical (unpaired) electrons. The summed E-state index contributed by atoms with van der Waals surface area (Å²) in [5.74, 6) is -10.1. The van der Waals surface area contributed by atoms with Crippen molar-refractivity contribution in [2.45, 2.75) is 0 Å². The van der Waals surface area contributed by atoms with Crippen molar-refractivity contribution in [3.63, 3.8) is 0 Å². The Kier molecular flexibility index (Phi) is 31.9. The predicted octanol–water partition coefficient (Wildman–Crippen LogP) is -1.58. The molecule has 0 aliphatic carbocycles. The zero-order valence-corrected chi connectivity index (χ0v) is 17.0. The summed E-state index contributed by atoms with van der Waals surface area (Å²) in [5, 5.41) is 62.5. The van der Waals surface area contributed by atoms with Crippen LogP contribution in [0, 0.1) is 0 Å². The van der Waals surface area contributed by atoms with Crippen molar-refractivity contribution >= 4 is 47.8 Å². The summed E-state index contributed by atoms with van der Waals surface area (Å²) in [5.41, 5.74) is 4.50. The maximum absolute atomic E-state index is 9.55. The van der Waals surface area contributed by atoms with Gasteiger partial charge in [0.2, 0.25) is 0 Å². The van der Waals surface area contributed by atoms with E-state index in [-0.39, 0.29) is 0 Å². The van der Waals surface area contributed by atoms with Gasteiger partial charge >= 0.3 is 47.8 Å². The summed E-state index contributed by atoms with van der Waals surface area (Å²) in [4.78, 5) is 76.4. The number of aliphatic carboxylic acids is 8. The van der Waals surface area contributed by atoms with Crippen LogP contribution in [0.25, 0.3) is 0 Å². The van der Waals surface area contributed by atoms with E-state index in [1.807, 2.05) is 0 Å². The lowest BCUT2D eigenvalue weighted by Gasteiger charge is -1.74. The fourth-order valence-electron chi connectivity index (χ4n) is 0.570. The van der Waals surface area contributed by atoms with Crippen LogP contribution in [0.15, 0.2) is 48.6 Å². The van der Waals surface area contributed by atoms with Gasteiger partial charge in [0, 0.05) is 48.6 Å². The van der Waals surface area contributed by atoms with E-state index in [1.54, 1.807) is 0 Å². The molecule has 0 fully saturated rings. The SMILES string of the molecule is CN.O=C(O)/C=C\C(=O)O.O=C(O)/C=C\C(=O)O.O=C(O)/C=C\C(=O)O.O=C(O)/C=C\C(=O)O. The molecular weight excluding hydrogens is 474 g/mol. The van der Waals surface area contributed by atoms with Crippen LogP contribution < -0.4 is 5.73 Å². The fourth-order valence-corrected chi connectivity index (χ4v) is 0.570. The predicted molar refractivity (Wildman–Crippen MR) is 108 cm³/mol. The Morgan fingerprint density at radius 2 is 0.382 bits per heavy atom. The third-order valence-electron chi connectivity index (χ3n) is 1.47. The van der Waals surface area contributed by atoms with Gasteiger partial charge in [-0.25, -0.2) is 38.4 Å². The first-order valence-electron chi connectivity index (χ1n) is 7.64. The van der Waals surface area contributed by atoms with Crippen LogP contribution in [0.3, 0.4) is 0 Å². The minimum atomic E-state index is -1.26. The molecule has 17 heteroatoms. The molecule has 0 aromatic rings. The van der Waals surface area contributed by atoms with Crippen molar-refractivity contribution < 1.29 is 79.2 Å². The van der Waals surface area contributed by atoms with Gasteiger partial charge < -0.3 is 46.6 Å². The van der Waals surface area contributed by atoms with Crippen molar-refractivity contribution in [2.75, 3.05) is 7.05 Å². The smallest absolute Gasteiger partial charge is 0.328 e. The molecule has 34 heavy (non-hydrogen) atoms. The summed E-state index contributed by atoms with van der Waals surface area (Å²) in [6.07, 6.45) is 4.46. The second-order valence-corrected chi connectivity index (χ2v) is 4.04. The van der Waals surface area contributed by atoms with Crippen molar-refractivity contribution in [1.29, 1.82) is 0 Å². The van der Waals surface area contributed by atoms with Crippen LogP contribution in [0.1, 0.15) is 0 Å². The molecule has 0 aromatic heterocycles. The average Bonchev–Trinajstić information content (AvgIpc) is 2.70. The van der Waals surface area contributed by atoms with Crippen LogP contribution in [0.2, 0.25) is 0 Å². The quantitative estimate of drug-likeness (QED) is 0.171. The summed E-state index contributed by atoms with van der Waals surface area (Å²) >= 11 is 0. The molecule has 0 aliphatic heterocycles. The number of carboxylic acids is 8. The Morgan fingerprint density at radius 1 is 0.324 bits per heavy atom. The van der Waals surface area contributed by atoms with Crippen LogP contribution in [0.5, 0.6) is 0 Å². The van der Waals surface area contributed by atoms with Crippen LogP contribution in [-0.2, 0) is 38.4 Å². The Hall–Kier alpha value is -5.32. The molecule has 0 unspecified atom stereocenters. The highest BCUT2D eigenvalue weighted by molar-refractivity contribution is 5.91. The Morgan fingerprint density at radius 3 is 0.412 bits per heavy atom. The van der Waals surface area contributed by atoms with Crippen molar-refractivity contribution in [3.05, 3.63) is 48.6 Å². The maximum atomic E-state index is 9.55. The molecule has 0 rings (SSSR count). The molecule has 0 aliphatic rings. The Balaban J connectivity index is -0.000000107. The number of hydrogen-bond acceptors (Lipinski definition) is 9. The molecule has 10 N–H and O–H groups in total. The van der Waals surface area contributed by atoms with Gasteiger partial charge in [0.05, 0.1) is 0 Å². The van der Waals surface area contributed by atoms with Gasteiger partial charge in [0.25, 0.3) is 0 Å². The third-order valence-corrected chi connectivity index (χ3v) is 1.47. The highest BCUT2D eigenvalue weighted by Crippen LogP contribution is 1.72. The Bertz CT molecular complexity index is 619. The van der Waals surface area contributed by atoms with E-state index >= 15 is 0 Å². The molecule has 17 nitrogen and oxygen atoms in total. The normalized spacial score (nSPS) is 9.12. The van der Waals surface area contributed by atoms with Gasteiger partial charge in [0.1, 0.15) is 0 Å². The molecule has 0 amide bonds. The van der Waals surface area contributed by atoms with Gasteiger partial charge in [0.15, 0.2) is 0 Å². The first-order chi connectivity index (χ1) is 15.5. The van der Waals surface area contributed by atoms with Crippen LogP contribution in [-0.4, -0.2) is 95.7 Å². The molecule has 0 bridgehead atoms. The van der Waals surface area contributed by atoms with Gasteiger partial charge in [-0.2, -0.15) is 0 Å². The van der Waals surface area contributed by atoms with Gasteiger partial charge in [-0.05, 0) is 7.05 Å². The van der Waals surface area contributed by atoms with E-state index < -0.39 is 47.8 Å². The largest absolute Gasteiger partial charge is 0.478 e. The lowest BCUT2D eigenvalue weighted by molar-refractivity contribution is -0.134. The first-order valence-corrected chi connectivity index (χ1v) is 7.64. The van der Waals surface area contributed by atoms with Crippen molar-refractivity contribution in [2.24, 2.45) is 5.73 Å². The van der Waals surface area contributed by atoms with E-state index in [0.29, 0.717) is 48.6 Å². The van der Waals surface area contributed by atoms with Crippen LogP contribution in [0.4, 0.5) is 0 Å². The van der Waals surface area contributed by atoms with Crippen LogP contribution >= 0.6 is 0 Å². The van der Waals surface area contributed by atoms with E-state index in [0.717, 1.165) is 0 Å². The fraction of sp³-hybridized carbons (Fsp3) is 0.0588. The van der Waals surface area contributed by atoms with Crippen molar-refractivity contribution in [1.82, 2.24) is 0 Å². The zero-order valence-electron chi connectivity index (χ0n) is 17.0. The number of carboxylic acid groups (broad SMARTS) is 8. The van der Waals surface area contributed by atoms with E-state index in [2.05, 4.69) is 5.73 Å². The first kappa shape index (κ1) is 39.2. The van der Waals surface area contributed by atoms with Crippen molar-refractivity contribution in [3.8, 4) is 0 Å². The molecule has 0 aromatic carbocycles. The summed E-state index contributed by atoms with van der Waals surface area (Å²) in [6.45, 7) is 0. The molecule has 0 atom stereocenters. The van der Waals surface area contributed by atoms with E-state index in [1.165, 1.54) is 7.05 Å². The van der Waals surface area contributed by atoms with Gasteiger partial charge in [-0.15, -0.1) is 0 Å². The summed E-state index contributed by atoms with van der Waals surface area (Å²) in [6, 6.07) is 0. The second-order valence-electron chi connectivity index (χ2n) is 4.04.